The summed E-state index contributed by atoms with van der Waals surface area (Å²) in [5, 5.41) is 11.6. The Morgan fingerprint density at radius 2 is 2.08 bits per heavy atom. The largest absolute Gasteiger partial charge is 0.341 e. The molecule has 1 aliphatic carbocycles. The monoisotopic (exact) mass is 493 g/mol. The van der Waals surface area contributed by atoms with Gasteiger partial charge in [0.25, 0.3) is 0 Å². The van der Waals surface area contributed by atoms with Gasteiger partial charge in [0, 0.05) is 30.1 Å². The Bertz CT molecular complexity index is 839. The Labute approximate surface area is 167 Å². The van der Waals surface area contributed by atoms with Gasteiger partial charge in [-0.3, -0.25) is 10.1 Å². The zero-order valence-electron chi connectivity index (χ0n) is 13.3. The maximum Gasteiger partial charge on any atom is 0.312 e. The van der Waals surface area contributed by atoms with Gasteiger partial charge in [0.15, 0.2) is 5.52 Å². The van der Waals surface area contributed by atoms with E-state index in [-0.39, 0.29) is 29.1 Å². The summed E-state index contributed by atoms with van der Waals surface area (Å²) in [6.07, 6.45) is 3.33. The first-order valence-electron chi connectivity index (χ1n) is 7.99. The van der Waals surface area contributed by atoms with Crippen LogP contribution >= 0.6 is 44.3 Å². The van der Waals surface area contributed by atoms with Crippen LogP contribution < -0.4 is 10.6 Å². The number of fused-ring (bicyclic) bond motifs is 1. The van der Waals surface area contributed by atoms with Crippen molar-refractivity contribution in [1.29, 1.82) is 0 Å². The molecule has 1 atom stereocenters. The Morgan fingerprint density at radius 3 is 2.64 bits per heavy atom. The summed E-state index contributed by atoms with van der Waals surface area (Å²) in [5.74, 6) is 1.44. The van der Waals surface area contributed by atoms with Crippen molar-refractivity contribution in [3.8, 4) is 0 Å². The lowest BCUT2D eigenvalue weighted by Crippen LogP contribution is -2.28. The number of imidazole rings is 1. The number of aromatic nitrogens is 2. The molecule has 25 heavy (non-hydrogen) atoms. The highest BCUT2D eigenvalue weighted by molar-refractivity contribution is 9.13. The second-order valence-corrected chi connectivity index (χ2v) is 8.25. The number of benzene rings is 1. The van der Waals surface area contributed by atoms with E-state index in [9.17, 15) is 10.1 Å². The van der Waals surface area contributed by atoms with Crippen LogP contribution in [-0.2, 0) is 6.54 Å². The fourth-order valence-electron chi connectivity index (χ4n) is 3.29. The number of nitrogens with two attached hydrogens (primary N) is 1. The fourth-order valence-corrected chi connectivity index (χ4v) is 4.14. The molecule has 10 heteroatoms. The van der Waals surface area contributed by atoms with Crippen LogP contribution in [0.15, 0.2) is 15.0 Å². The summed E-state index contributed by atoms with van der Waals surface area (Å²) in [6.45, 7) is 2.43. The highest BCUT2D eigenvalue weighted by Crippen LogP contribution is 2.42. The third kappa shape index (κ3) is 3.39. The molecular formula is C15H18Br2ClN5O2. The van der Waals surface area contributed by atoms with Crippen LogP contribution in [0.2, 0.25) is 0 Å². The van der Waals surface area contributed by atoms with Crippen molar-refractivity contribution in [2.24, 2.45) is 11.7 Å². The van der Waals surface area contributed by atoms with Gasteiger partial charge in [-0.05, 0) is 63.1 Å². The van der Waals surface area contributed by atoms with E-state index in [1.54, 1.807) is 0 Å². The molecule has 0 unspecified atom stereocenters. The topological polar surface area (TPSA) is 90.2 Å². The van der Waals surface area contributed by atoms with Crippen LogP contribution in [0.1, 0.15) is 19.3 Å². The van der Waals surface area contributed by atoms with Crippen LogP contribution in [0.4, 0.5) is 11.6 Å². The van der Waals surface area contributed by atoms with Gasteiger partial charge in [-0.2, -0.15) is 0 Å². The zero-order valence-corrected chi connectivity index (χ0v) is 17.3. The molecule has 0 amide bonds. The van der Waals surface area contributed by atoms with Gasteiger partial charge in [-0.15, -0.1) is 12.4 Å². The average molecular weight is 496 g/mol. The van der Waals surface area contributed by atoms with Crippen LogP contribution in [0.25, 0.3) is 11.0 Å². The first-order chi connectivity index (χ1) is 11.5. The van der Waals surface area contributed by atoms with Crippen molar-refractivity contribution in [2.75, 3.05) is 18.0 Å². The van der Waals surface area contributed by atoms with E-state index in [2.05, 4.69) is 46.3 Å². The van der Waals surface area contributed by atoms with E-state index in [1.165, 1.54) is 12.8 Å². The third-order valence-electron chi connectivity index (χ3n) is 4.72. The maximum absolute atomic E-state index is 11.6. The molecule has 2 aliphatic rings. The fraction of sp³-hybridized carbons (Fsp3) is 0.533. The number of halogens is 3. The molecule has 1 saturated carbocycles. The normalized spacial score (nSPS) is 20.1. The lowest BCUT2D eigenvalue weighted by atomic mass is 10.2. The summed E-state index contributed by atoms with van der Waals surface area (Å²) in [7, 11) is 0. The predicted molar refractivity (Wildman–Crippen MR) is 107 cm³/mol. The molecule has 0 radical (unpaired) electrons. The van der Waals surface area contributed by atoms with Crippen molar-refractivity contribution in [3.05, 3.63) is 25.1 Å². The van der Waals surface area contributed by atoms with Crippen molar-refractivity contribution < 1.29 is 4.92 Å². The Hall–Kier alpha value is -0.900. The van der Waals surface area contributed by atoms with Gasteiger partial charge in [0.1, 0.15) is 4.47 Å². The van der Waals surface area contributed by atoms with Crippen molar-refractivity contribution >= 4 is 66.9 Å². The number of hydrogen-bond donors (Lipinski definition) is 1. The van der Waals surface area contributed by atoms with Crippen LogP contribution in [0.5, 0.6) is 0 Å². The number of nitro benzene ring substituents is 1. The summed E-state index contributed by atoms with van der Waals surface area (Å²) < 4.78 is 3.24. The van der Waals surface area contributed by atoms with Crippen LogP contribution in [0.3, 0.4) is 0 Å². The maximum atomic E-state index is 11.6. The first kappa shape index (κ1) is 18.9. The SMILES string of the molecule is Cl.N[C@@H]1CCN(c2nc3c([N+](=O)[O-])c(Br)c(Br)cc3n2CC2CC2)C1. The standard InChI is InChI=1S/C15H17Br2N5O2.ClH/c16-10-5-11-13(14(12(10)17)22(23)24)19-15(20-4-3-9(18)7-20)21(11)6-8-1-2-8;/h5,8-9H,1-4,6-7,18H2;1H/t9-;/m1./s1. The molecule has 2 fully saturated rings. The van der Waals surface area contributed by atoms with E-state index >= 15 is 0 Å². The minimum absolute atomic E-state index is 0. The first-order valence-corrected chi connectivity index (χ1v) is 9.57. The van der Waals surface area contributed by atoms with E-state index in [4.69, 9.17) is 5.73 Å². The lowest BCUT2D eigenvalue weighted by Gasteiger charge is -2.19. The van der Waals surface area contributed by atoms with Crippen LogP contribution in [0, 0.1) is 16.0 Å². The molecule has 0 spiro atoms. The summed E-state index contributed by atoms with van der Waals surface area (Å²) >= 11 is 6.75. The Morgan fingerprint density at radius 1 is 1.36 bits per heavy atom. The van der Waals surface area contributed by atoms with E-state index in [0.29, 0.717) is 20.4 Å². The van der Waals surface area contributed by atoms with Gasteiger partial charge >= 0.3 is 5.69 Å². The molecule has 1 saturated heterocycles. The van der Waals surface area contributed by atoms with Gasteiger partial charge in [-0.1, -0.05) is 0 Å². The summed E-state index contributed by atoms with van der Waals surface area (Å²) in [4.78, 5) is 18.0. The van der Waals surface area contributed by atoms with E-state index < -0.39 is 0 Å². The molecule has 0 bridgehead atoms. The molecule has 7 nitrogen and oxygen atoms in total. The zero-order chi connectivity index (χ0) is 17.0. The molecule has 1 aliphatic heterocycles. The van der Waals surface area contributed by atoms with Crippen molar-refractivity contribution in [3.63, 3.8) is 0 Å². The minimum Gasteiger partial charge on any atom is -0.341 e. The highest BCUT2D eigenvalue weighted by Gasteiger charge is 2.32. The predicted octanol–water partition coefficient (Wildman–Crippen LogP) is 3.84. The van der Waals surface area contributed by atoms with Crippen LogP contribution in [-0.4, -0.2) is 33.6 Å². The average Bonchev–Trinajstić information content (AvgIpc) is 3.14. The number of rotatable bonds is 4. The van der Waals surface area contributed by atoms with Gasteiger partial charge in [0.05, 0.1) is 10.4 Å². The molecule has 1 aromatic heterocycles. The highest BCUT2D eigenvalue weighted by atomic mass is 79.9. The second-order valence-electron chi connectivity index (χ2n) is 6.61. The van der Waals surface area contributed by atoms with Crippen molar-refractivity contribution in [1.82, 2.24) is 9.55 Å². The lowest BCUT2D eigenvalue weighted by molar-refractivity contribution is -0.384. The number of anilines is 1. The molecule has 136 valence electrons. The van der Waals surface area contributed by atoms with E-state index in [0.717, 1.165) is 37.5 Å². The number of nitrogens with zero attached hydrogens (tertiary/aromatic N) is 4. The number of nitro groups is 1. The smallest absolute Gasteiger partial charge is 0.312 e. The molecular weight excluding hydrogens is 477 g/mol. The van der Waals surface area contributed by atoms with Gasteiger partial charge in [0.2, 0.25) is 5.95 Å². The quantitative estimate of drug-likeness (QED) is 0.514. The second kappa shape index (κ2) is 7.02. The number of hydrogen-bond acceptors (Lipinski definition) is 5. The Balaban J connectivity index is 0.00000182. The van der Waals surface area contributed by atoms with E-state index in [1.807, 2.05) is 6.07 Å². The summed E-state index contributed by atoms with van der Waals surface area (Å²) in [6, 6.07) is 2.05. The summed E-state index contributed by atoms with van der Waals surface area (Å²) in [5.41, 5.74) is 7.30. The molecule has 2 aromatic rings. The molecule has 4 rings (SSSR count). The minimum atomic E-state index is -0.370. The van der Waals surface area contributed by atoms with Gasteiger partial charge in [-0.25, -0.2) is 4.98 Å². The third-order valence-corrected chi connectivity index (χ3v) is 6.68. The molecule has 2 heterocycles. The molecule has 2 N–H and O–H groups in total. The Kier molecular flexibility index (Phi) is 5.30. The molecule has 1 aromatic carbocycles. The van der Waals surface area contributed by atoms with Crippen molar-refractivity contribution in [2.45, 2.75) is 31.8 Å². The van der Waals surface area contributed by atoms with Gasteiger partial charge < -0.3 is 15.2 Å².